The first-order chi connectivity index (χ1) is 13.9. The summed E-state index contributed by atoms with van der Waals surface area (Å²) in [4.78, 5) is 35.2. The summed E-state index contributed by atoms with van der Waals surface area (Å²) < 4.78 is 5.27. The lowest BCUT2D eigenvalue weighted by Crippen LogP contribution is -2.14. The summed E-state index contributed by atoms with van der Waals surface area (Å²) in [5.41, 5.74) is 0.836. The Morgan fingerprint density at radius 2 is 1.76 bits per heavy atom. The van der Waals surface area contributed by atoms with Crippen molar-refractivity contribution in [1.29, 1.82) is 0 Å². The van der Waals surface area contributed by atoms with E-state index in [-0.39, 0.29) is 22.8 Å². The zero-order chi connectivity index (χ0) is 20.8. The predicted molar refractivity (Wildman–Crippen MR) is 108 cm³/mol. The summed E-state index contributed by atoms with van der Waals surface area (Å²) in [6, 6.07) is 19.1. The SMILES string of the molecule is O=C(OCc1ccccc1)c1cccc(NC(=O)c2ccc(Cl)cc2[N+](=O)[O-])c1. The van der Waals surface area contributed by atoms with Gasteiger partial charge in [0.25, 0.3) is 11.6 Å². The molecule has 0 aliphatic rings. The summed E-state index contributed by atoms with van der Waals surface area (Å²) in [6.45, 7) is 0.118. The normalized spacial score (nSPS) is 10.2. The number of hydrogen-bond acceptors (Lipinski definition) is 5. The van der Waals surface area contributed by atoms with E-state index in [1.165, 1.54) is 18.2 Å². The third-order valence-corrected chi connectivity index (χ3v) is 4.21. The summed E-state index contributed by atoms with van der Waals surface area (Å²) in [7, 11) is 0. The maximum atomic E-state index is 12.5. The van der Waals surface area contributed by atoms with Crippen LogP contribution in [0, 0.1) is 10.1 Å². The van der Waals surface area contributed by atoms with Crippen molar-refractivity contribution in [3.05, 3.63) is 105 Å². The number of nitro benzene ring substituents is 1. The fraction of sp³-hybridized carbons (Fsp3) is 0.0476. The van der Waals surface area contributed by atoms with Gasteiger partial charge in [-0.25, -0.2) is 4.79 Å². The van der Waals surface area contributed by atoms with Gasteiger partial charge in [0.2, 0.25) is 0 Å². The Kier molecular flexibility index (Phi) is 6.21. The Hall–Kier alpha value is -3.71. The van der Waals surface area contributed by atoms with E-state index >= 15 is 0 Å². The monoisotopic (exact) mass is 410 g/mol. The van der Waals surface area contributed by atoms with Crippen LogP contribution in [0.25, 0.3) is 0 Å². The topological polar surface area (TPSA) is 98.5 Å². The molecule has 0 aliphatic carbocycles. The number of carbonyl (C=O) groups excluding carboxylic acids is 2. The fourth-order valence-electron chi connectivity index (χ4n) is 2.58. The van der Waals surface area contributed by atoms with E-state index in [1.54, 1.807) is 18.2 Å². The van der Waals surface area contributed by atoms with E-state index in [1.807, 2.05) is 30.3 Å². The van der Waals surface area contributed by atoms with Crippen LogP contribution in [0.4, 0.5) is 11.4 Å². The maximum absolute atomic E-state index is 12.5. The fourth-order valence-corrected chi connectivity index (χ4v) is 2.74. The maximum Gasteiger partial charge on any atom is 0.338 e. The highest BCUT2D eigenvalue weighted by atomic mass is 35.5. The minimum absolute atomic E-state index is 0.118. The number of carbonyl (C=O) groups is 2. The first-order valence-electron chi connectivity index (χ1n) is 8.50. The molecule has 3 aromatic rings. The number of nitrogens with one attached hydrogen (secondary N) is 1. The molecule has 3 aromatic carbocycles. The molecule has 0 spiro atoms. The molecule has 0 atom stereocenters. The lowest BCUT2D eigenvalue weighted by molar-refractivity contribution is -0.385. The Bertz CT molecular complexity index is 1070. The summed E-state index contributed by atoms with van der Waals surface area (Å²) in [6.07, 6.45) is 0. The number of ether oxygens (including phenoxy) is 1. The van der Waals surface area contributed by atoms with Gasteiger partial charge in [0, 0.05) is 16.8 Å². The van der Waals surface area contributed by atoms with Crippen LogP contribution < -0.4 is 5.32 Å². The van der Waals surface area contributed by atoms with Gasteiger partial charge in [-0.05, 0) is 35.9 Å². The number of nitrogens with zero attached hydrogens (tertiary/aromatic N) is 1. The summed E-state index contributed by atoms with van der Waals surface area (Å²) >= 11 is 5.77. The molecule has 0 heterocycles. The zero-order valence-corrected chi connectivity index (χ0v) is 15.8. The molecule has 1 N–H and O–H groups in total. The molecule has 1 amide bonds. The Morgan fingerprint density at radius 3 is 2.48 bits per heavy atom. The minimum Gasteiger partial charge on any atom is -0.457 e. The van der Waals surface area contributed by atoms with Crippen molar-refractivity contribution in [2.75, 3.05) is 5.32 Å². The number of nitro groups is 1. The smallest absolute Gasteiger partial charge is 0.338 e. The second-order valence-corrected chi connectivity index (χ2v) is 6.45. The lowest BCUT2D eigenvalue weighted by atomic mass is 10.1. The van der Waals surface area contributed by atoms with Gasteiger partial charge >= 0.3 is 5.97 Å². The first-order valence-corrected chi connectivity index (χ1v) is 8.88. The van der Waals surface area contributed by atoms with Crippen LogP contribution >= 0.6 is 11.6 Å². The highest BCUT2D eigenvalue weighted by Gasteiger charge is 2.21. The van der Waals surface area contributed by atoms with Gasteiger partial charge in [0.1, 0.15) is 12.2 Å². The molecule has 29 heavy (non-hydrogen) atoms. The first kappa shape index (κ1) is 20.0. The molecule has 3 rings (SSSR count). The summed E-state index contributed by atoms with van der Waals surface area (Å²) in [5.74, 6) is -1.24. The number of benzene rings is 3. The molecular formula is C21H15ClN2O5. The number of halogens is 1. The highest BCUT2D eigenvalue weighted by molar-refractivity contribution is 6.31. The van der Waals surface area contributed by atoms with Crippen LogP contribution in [0.15, 0.2) is 72.8 Å². The third-order valence-electron chi connectivity index (χ3n) is 3.97. The Labute approximate surface area is 171 Å². The number of rotatable bonds is 6. The average molecular weight is 411 g/mol. The van der Waals surface area contributed by atoms with Crippen LogP contribution in [-0.4, -0.2) is 16.8 Å². The second-order valence-electron chi connectivity index (χ2n) is 6.02. The molecule has 0 aliphatic heterocycles. The van der Waals surface area contributed by atoms with Crippen LogP contribution in [0.2, 0.25) is 5.02 Å². The minimum atomic E-state index is -0.692. The van der Waals surface area contributed by atoms with E-state index < -0.39 is 22.5 Å². The molecular weight excluding hydrogens is 396 g/mol. The van der Waals surface area contributed by atoms with Crippen molar-refractivity contribution in [3.63, 3.8) is 0 Å². The van der Waals surface area contributed by atoms with Gasteiger partial charge in [-0.2, -0.15) is 0 Å². The predicted octanol–water partition coefficient (Wildman–Crippen LogP) is 4.86. The third kappa shape index (κ3) is 5.18. The number of anilines is 1. The summed E-state index contributed by atoms with van der Waals surface area (Å²) in [5, 5.41) is 13.9. The molecule has 0 fully saturated rings. The molecule has 0 unspecified atom stereocenters. The average Bonchev–Trinajstić information content (AvgIpc) is 2.72. The molecule has 0 radical (unpaired) electrons. The molecule has 0 bridgehead atoms. The Morgan fingerprint density at radius 1 is 1.00 bits per heavy atom. The van der Waals surface area contributed by atoms with Gasteiger partial charge in [-0.1, -0.05) is 48.0 Å². The van der Waals surface area contributed by atoms with Crippen LogP contribution in [0.5, 0.6) is 0 Å². The largest absolute Gasteiger partial charge is 0.457 e. The van der Waals surface area contributed by atoms with Crippen LogP contribution in [-0.2, 0) is 11.3 Å². The van der Waals surface area contributed by atoms with E-state index in [0.29, 0.717) is 5.69 Å². The molecule has 7 nitrogen and oxygen atoms in total. The highest BCUT2D eigenvalue weighted by Crippen LogP contribution is 2.24. The van der Waals surface area contributed by atoms with E-state index in [0.717, 1.165) is 11.6 Å². The number of esters is 1. The van der Waals surface area contributed by atoms with Crippen molar-refractivity contribution in [3.8, 4) is 0 Å². The van der Waals surface area contributed by atoms with Crippen molar-refractivity contribution < 1.29 is 19.2 Å². The van der Waals surface area contributed by atoms with Crippen molar-refractivity contribution in [2.45, 2.75) is 6.61 Å². The number of amides is 1. The van der Waals surface area contributed by atoms with Crippen LogP contribution in [0.3, 0.4) is 0 Å². The lowest BCUT2D eigenvalue weighted by Gasteiger charge is -2.09. The Balaban J connectivity index is 1.72. The van der Waals surface area contributed by atoms with Crippen molar-refractivity contribution in [1.82, 2.24) is 0 Å². The van der Waals surface area contributed by atoms with Crippen molar-refractivity contribution >= 4 is 34.9 Å². The van der Waals surface area contributed by atoms with Gasteiger partial charge in [-0.15, -0.1) is 0 Å². The van der Waals surface area contributed by atoms with Gasteiger partial charge < -0.3 is 10.1 Å². The van der Waals surface area contributed by atoms with E-state index in [2.05, 4.69) is 5.32 Å². The van der Waals surface area contributed by atoms with Gasteiger partial charge in [-0.3, -0.25) is 14.9 Å². The molecule has 8 heteroatoms. The van der Waals surface area contributed by atoms with E-state index in [4.69, 9.17) is 16.3 Å². The molecule has 0 saturated carbocycles. The van der Waals surface area contributed by atoms with Gasteiger partial charge in [0.15, 0.2) is 0 Å². The van der Waals surface area contributed by atoms with Crippen molar-refractivity contribution in [2.24, 2.45) is 0 Å². The molecule has 0 saturated heterocycles. The molecule has 146 valence electrons. The standard InChI is InChI=1S/C21H15ClN2O5/c22-16-9-10-18(19(12-16)24(27)28)20(25)23-17-8-4-7-15(11-17)21(26)29-13-14-5-2-1-3-6-14/h1-12H,13H2,(H,23,25). The molecule has 0 aromatic heterocycles. The van der Waals surface area contributed by atoms with Crippen LogP contribution in [0.1, 0.15) is 26.3 Å². The zero-order valence-electron chi connectivity index (χ0n) is 15.0. The number of hydrogen-bond donors (Lipinski definition) is 1. The van der Waals surface area contributed by atoms with Gasteiger partial charge in [0.05, 0.1) is 10.5 Å². The quantitative estimate of drug-likeness (QED) is 0.355. The van der Waals surface area contributed by atoms with E-state index in [9.17, 15) is 19.7 Å². The second kappa shape index (κ2) is 8.99.